The van der Waals surface area contributed by atoms with Crippen molar-refractivity contribution in [2.45, 2.75) is 6.92 Å². The number of aromatic amines is 1. The molecule has 2 aromatic rings. The smallest absolute Gasteiger partial charge is 0.354 e. The number of esters is 1. The number of pyridine rings is 1. The van der Waals surface area contributed by atoms with Crippen LogP contribution in [0, 0.1) is 0 Å². The zero-order valence-corrected chi connectivity index (χ0v) is 10.9. The Morgan fingerprint density at radius 1 is 1.32 bits per heavy atom. The summed E-state index contributed by atoms with van der Waals surface area (Å²) in [6.07, 6.45) is 1.50. The standard InChI is InChI=1S/C13H11ClN2O3/c1-2-19-13(18)10-6-5-9(16-10)11(17)8-4-3-7-15-12(8)14/h3-7,16H,2H2,1H3. The fraction of sp³-hybridized carbons (Fsp3) is 0.154. The van der Waals surface area contributed by atoms with E-state index in [1.54, 1.807) is 19.1 Å². The number of hydrogen-bond donors (Lipinski definition) is 1. The fourth-order valence-electron chi connectivity index (χ4n) is 1.56. The van der Waals surface area contributed by atoms with E-state index in [2.05, 4.69) is 9.97 Å². The Morgan fingerprint density at radius 3 is 2.74 bits per heavy atom. The number of H-pyrrole nitrogens is 1. The van der Waals surface area contributed by atoms with E-state index < -0.39 is 5.97 Å². The van der Waals surface area contributed by atoms with Crippen LogP contribution < -0.4 is 0 Å². The molecule has 6 heteroatoms. The maximum atomic E-state index is 12.2. The second-order valence-corrected chi connectivity index (χ2v) is 4.04. The summed E-state index contributed by atoms with van der Waals surface area (Å²) in [7, 11) is 0. The molecule has 2 heterocycles. The Bertz CT molecular complexity index is 622. The average molecular weight is 279 g/mol. The SMILES string of the molecule is CCOC(=O)c1ccc(C(=O)c2cccnc2Cl)[nH]1. The molecule has 0 amide bonds. The molecule has 0 radical (unpaired) electrons. The van der Waals surface area contributed by atoms with Gasteiger partial charge in [-0.05, 0) is 31.2 Å². The molecule has 5 nitrogen and oxygen atoms in total. The van der Waals surface area contributed by atoms with E-state index in [0.717, 1.165) is 0 Å². The normalized spacial score (nSPS) is 10.2. The van der Waals surface area contributed by atoms with Crippen molar-refractivity contribution in [2.75, 3.05) is 6.61 Å². The predicted octanol–water partition coefficient (Wildman–Crippen LogP) is 2.47. The number of hydrogen-bond acceptors (Lipinski definition) is 4. The molecule has 0 spiro atoms. The summed E-state index contributed by atoms with van der Waals surface area (Å²) in [4.78, 5) is 30.2. The van der Waals surface area contributed by atoms with E-state index >= 15 is 0 Å². The van der Waals surface area contributed by atoms with Gasteiger partial charge in [0.15, 0.2) is 0 Å². The van der Waals surface area contributed by atoms with Gasteiger partial charge in [-0.2, -0.15) is 0 Å². The molecule has 0 fully saturated rings. The Balaban J connectivity index is 2.26. The second-order valence-electron chi connectivity index (χ2n) is 3.68. The number of nitrogens with one attached hydrogen (secondary N) is 1. The highest BCUT2D eigenvalue weighted by Crippen LogP contribution is 2.16. The first-order chi connectivity index (χ1) is 9.13. The van der Waals surface area contributed by atoms with Gasteiger partial charge in [-0.15, -0.1) is 0 Å². The van der Waals surface area contributed by atoms with Gasteiger partial charge in [0.25, 0.3) is 0 Å². The third kappa shape index (κ3) is 2.82. The van der Waals surface area contributed by atoms with Gasteiger partial charge in [0, 0.05) is 6.20 Å². The minimum Gasteiger partial charge on any atom is -0.461 e. The van der Waals surface area contributed by atoms with Gasteiger partial charge in [0.05, 0.1) is 17.9 Å². The molecular weight excluding hydrogens is 268 g/mol. The summed E-state index contributed by atoms with van der Waals surface area (Å²) in [5.41, 5.74) is 0.768. The lowest BCUT2D eigenvalue weighted by molar-refractivity contribution is 0.0520. The first kappa shape index (κ1) is 13.3. The van der Waals surface area contributed by atoms with Crippen LogP contribution in [0.5, 0.6) is 0 Å². The number of nitrogens with zero attached hydrogens (tertiary/aromatic N) is 1. The van der Waals surface area contributed by atoms with Gasteiger partial charge >= 0.3 is 5.97 Å². The molecular formula is C13H11ClN2O3. The van der Waals surface area contributed by atoms with Crippen LogP contribution in [0.3, 0.4) is 0 Å². The molecule has 0 bridgehead atoms. The van der Waals surface area contributed by atoms with Gasteiger partial charge in [0.1, 0.15) is 10.8 Å². The van der Waals surface area contributed by atoms with Crippen LogP contribution in [-0.2, 0) is 4.74 Å². The fourth-order valence-corrected chi connectivity index (χ4v) is 1.76. The third-order valence-corrected chi connectivity index (χ3v) is 2.73. The van der Waals surface area contributed by atoms with Crippen LogP contribution >= 0.6 is 11.6 Å². The first-order valence-electron chi connectivity index (χ1n) is 5.64. The molecule has 2 aromatic heterocycles. The number of aromatic nitrogens is 2. The summed E-state index contributed by atoms with van der Waals surface area (Å²) >= 11 is 5.85. The molecule has 2 rings (SSSR count). The minimum absolute atomic E-state index is 0.125. The number of rotatable bonds is 4. The molecule has 0 aliphatic heterocycles. The summed E-state index contributed by atoms with van der Waals surface area (Å²) in [5, 5.41) is 0.125. The Hall–Kier alpha value is -2.14. The molecule has 0 atom stereocenters. The van der Waals surface area contributed by atoms with E-state index in [9.17, 15) is 9.59 Å². The Labute approximate surface area is 114 Å². The third-order valence-electron chi connectivity index (χ3n) is 2.43. The van der Waals surface area contributed by atoms with Crippen LogP contribution in [-0.4, -0.2) is 28.3 Å². The first-order valence-corrected chi connectivity index (χ1v) is 6.02. The molecule has 0 saturated heterocycles. The second kappa shape index (κ2) is 5.67. The summed E-state index contributed by atoms with van der Waals surface area (Å²) in [6, 6.07) is 6.20. The van der Waals surface area contributed by atoms with Crippen molar-refractivity contribution in [3.05, 3.63) is 52.6 Å². The van der Waals surface area contributed by atoms with Crippen molar-refractivity contribution in [3.8, 4) is 0 Å². The predicted molar refractivity (Wildman–Crippen MR) is 69.4 cm³/mol. The van der Waals surface area contributed by atoms with Crippen LogP contribution in [0.1, 0.15) is 33.5 Å². The van der Waals surface area contributed by atoms with Crippen LogP contribution in [0.15, 0.2) is 30.5 Å². The van der Waals surface area contributed by atoms with Crippen molar-refractivity contribution in [1.82, 2.24) is 9.97 Å². The highest BCUT2D eigenvalue weighted by Gasteiger charge is 2.17. The molecule has 1 N–H and O–H groups in total. The molecule has 19 heavy (non-hydrogen) atoms. The monoisotopic (exact) mass is 278 g/mol. The highest BCUT2D eigenvalue weighted by molar-refractivity contribution is 6.33. The number of ketones is 1. The quantitative estimate of drug-likeness (QED) is 0.530. The summed E-state index contributed by atoms with van der Waals surface area (Å²) < 4.78 is 4.83. The van der Waals surface area contributed by atoms with Crippen molar-refractivity contribution in [3.63, 3.8) is 0 Å². The van der Waals surface area contributed by atoms with Gasteiger partial charge in [-0.3, -0.25) is 4.79 Å². The molecule has 0 saturated carbocycles. The molecule has 0 unspecified atom stereocenters. The van der Waals surface area contributed by atoms with Gasteiger partial charge in [-0.1, -0.05) is 11.6 Å². The number of ether oxygens (including phenoxy) is 1. The topological polar surface area (TPSA) is 72.1 Å². The van der Waals surface area contributed by atoms with Crippen molar-refractivity contribution >= 4 is 23.4 Å². The van der Waals surface area contributed by atoms with Crippen molar-refractivity contribution in [2.24, 2.45) is 0 Å². The lowest BCUT2D eigenvalue weighted by Crippen LogP contribution is -2.07. The lowest BCUT2D eigenvalue weighted by atomic mass is 10.1. The van der Waals surface area contributed by atoms with Crippen molar-refractivity contribution < 1.29 is 14.3 Å². The Morgan fingerprint density at radius 2 is 2.05 bits per heavy atom. The number of halogens is 1. The van der Waals surface area contributed by atoms with E-state index in [1.807, 2.05) is 0 Å². The zero-order valence-electron chi connectivity index (χ0n) is 10.1. The molecule has 0 aliphatic carbocycles. The van der Waals surface area contributed by atoms with E-state index in [-0.39, 0.29) is 34.5 Å². The zero-order chi connectivity index (χ0) is 13.8. The van der Waals surface area contributed by atoms with E-state index in [1.165, 1.54) is 18.3 Å². The van der Waals surface area contributed by atoms with Gasteiger partial charge in [0.2, 0.25) is 5.78 Å². The van der Waals surface area contributed by atoms with Crippen LogP contribution in [0.25, 0.3) is 0 Å². The molecule has 98 valence electrons. The summed E-state index contributed by atoms with van der Waals surface area (Å²) in [6.45, 7) is 1.98. The number of carbonyl (C=O) groups is 2. The van der Waals surface area contributed by atoms with Crippen LogP contribution in [0.4, 0.5) is 0 Å². The highest BCUT2D eigenvalue weighted by atomic mass is 35.5. The maximum Gasteiger partial charge on any atom is 0.354 e. The number of carbonyl (C=O) groups excluding carboxylic acids is 2. The maximum absolute atomic E-state index is 12.2. The molecule has 0 aromatic carbocycles. The lowest BCUT2D eigenvalue weighted by Gasteiger charge is -2.01. The van der Waals surface area contributed by atoms with Crippen molar-refractivity contribution in [1.29, 1.82) is 0 Å². The van der Waals surface area contributed by atoms with E-state index in [0.29, 0.717) is 0 Å². The Kier molecular flexibility index (Phi) is 3.97. The average Bonchev–Trinajstić information content (AvgIpc) is 2.88. The summed E-state index contributed by atoms with van der Waals surface area (Å²) in [5.74, 6) is -0.826. The van der Waals surface area contributed by atoms with Gasteiger partial charge in [-0.25, -0.2) is 9.78 Å². The van der Waals surface area contributed by atoms with E-state index in [4.69, 9.17) is 16.3 Å². The minimum atomic E-state index is -0.501. The largest absolute Gasteiger partial charge is 0.461 e. The van der Waals surface area contributed by atoms with Gasteiger partial charge < -0.3 is 9.72 Å². The molecule has 0 aliphatic rings. The van der Waals surface area contributed by atoms with Crippen LogP contribution in [0.2, 0.25) is 5.15 Å².